The van der Waals surface area contributed by atoms with Crippen molar-refractivity contribution in [3.05, 3.63) is 100 Å². The average molecular weight is 1100 g/mol. The fourth-order valence-corrected chi connectivity index (χ4v) is 11.0. The van der Waals surface area contributed by atoms with E-state index in [0.717, 1.165) is 41.8 Å². The summed E-state index contributed by atoms with van der Waals surface area (Å²) in [5.41, 5.74) is 1.37. The predicted octanol–water partition coefficient (Wildman–Crippen LogP) is 10.8. The van der Waals surface area contributed by atoms with Crippen molar-refractivity contribution in [3.63, 3.8) is 0 Å². The van der Waals surface area contributed by atoms with E-state index in [2.05, 4.69) is 31.9 Å². The number of halogens is 2. The number of unbranched alkanes of at least 4 members (excludes halogenated alkanes) is 13. The summed E-state index contributed by atoms with van der Waals surface area (Å²) < 4.78 is 69.7. The van der Waals surface area contributed by atoms with Gasteiger partial charge in [-0.15, -0.1) is 0 Å². The van der Waals surface area contributed by atoms with Gasteiger partial charge in [0.1, 0.15) is 11.0 Å². The molecule has 1 aliphatic rings. The van der Waals surface area contributed by atoms with Crippen LogP contribution in [0.15, 0.2) is 88.7 Å². The molecule has 6 rings (SSSR count). The number of sulfonamides is 2. The SMILES string of the molecule is CCCCCCCCCCCCCCCCNS(=O)(=O)c1ccc(Cl)c(NS(=O)(=O)c2ccc(Cl)c(NC(=O)C(C(=O)N3CCc4ccccc43)n3nc4ccc(C(=O)OCC(=O)OCCC(C)C)cc4n3)c2)c1. The number of fused-ring (bicyclic) bond motifs is 2. The van der Waals surface area contributed by atoms with Crippen molar-refractivity contribution in [2.24, 2.45) is 5.92 Å². The zero-order chi connectivity index (χ0) is 53.3. The molecule has 74 heavy (non-hydrogen) atoms. The molecule has 0 spiro atoms. The minimum absolute atomic E-state index is 0.0143. The molecule has 2 amide bonds. The first-order valence-electron chi connectivity index (χ1n) is 25.5. The van der Waals surface area contributed by atoms with Crippen LogP contribution in [0.25, 0.3) is 11.0 Å². The number of para-hydroxylation sites is 1. The molecule has 1 atom stereocenters. The summed E-state index contributed by atoms with van der Waals surface area (Å²) in [6.07, 6.45) is 17.6. The van der Waals surface area contributed by atoms with Gasteiger partial charge in [0.15, 0.2) is 6.61 Å². The van der Waals surface area contributed by atoms with Crippen molar-refractivity contribution in [3.8, 4) is 0 Å². The molecule has 0 saturated heterocycles. The minimum atomic E-state index is -4.53. The highest BCUT2D eigenvalue weighted by Gasteiger charge is 2.38. The van der Waals surface area contributed by atoms with Gasteiger partial charge in [0.05, 0.1) is 43.4 Å². The summed E-state index contributed by atoms with van der Waals surface area (Å²) in [4.78, 5) is 55.8. The molecule has 0 saturated carbocycles. The summed E-state index contributed by atoms with van der Waals surface area (Å²) >= 11 is 13.0. The van der Waals surface area contributed by atoms with Gasteiger partial charge in [-0.25, -0.2) is 31.1 Å². The third-order valence-electron chi connectivity index (χ3n) is 12.6. The number of rotatable bonds is 30. The molecule has 0 fully saturated rings. The number of benzene rings is 4. The fourth-order valence-electron chi connectivity index (χ4n) is 8.39. The molecule has 21 heteroatoms. The van der Waals surface area contributed by atoms with Gasteiger partial charge in [0.2, 0.25) is 16.1 Å². The number of aromatic nitrogens is 3. The van der Waals surface area contributed by atoms with E-state index in [-0.39, 0.29) is 67.5 Å². The van der Waals surface area contributed by atoms with Crippen molar-refractivity contribution >= 4 is 95.1 Å². The Hall–Kier alpha value is -5.60. The third kappa shape index (κ3) is 16.4. The third-order valence-corrected chi connectivity index (χ3v) is 16.1. The lowest BCUT2D eigenvalue weighted by Gasteiger charge is -2.23. The predicted molar refractivity (Wildman–Crippen MR) is 288 cm³/mol. The Morgan fingerprint density at radius 1 is 0.689 bits per heavy atom. The molecule has 4 aromatic carbocycles. The van der Waals surface area contributed by atoms with Crippen LogP contribution in [-0.4, -0.2) is 81.9 Å². The van der Waals surface area contributed by atoms with Crippen molar-refractivity contribution in [1.82, 2.24) is 19.7 Å². The Morgan fingerprint density at radius 2 is 1.28 bits per heavy atom. The number of carbonyl (C=O) groups is 4. The highest BCUT2D eigenvalue weighted by atomic mass is 35.5. The van der Waals surface area contributed by atoms with Crippen LogP contribution in [0.5, 0.6) is 0 Å². The largest absolute Gasteiger partial charge is 0.463 e. The van der Waals surface area contributed by atoms with Crippen LogP contribution in [0.2, 0.25) is 10.0 Å². The van der Waals surface area contributed by atoms with Crippen LogP contribution in [-0.2, 0) is 50.3 Å². The minimum Gasteiger partial charge on any atom is -0.463 e. The number of nitrogens with zero attached hydrogens (tertiary/aromatic N) is 4. The zero-order valence-electron chi connectivity index (χ0n) is 42.2. The molecule has 3 N–H and O–H groups in total. The Labute approximate surface area is 444 Å². The van der Waals surface area contributed by atoms with Crippen molar-refractivity contribution in [2.45, 2.75) is 139 Å². The normalized spacial score (nSPS) is 13.0. The Bertz CT molecular complexity index is 2970. The molecular weight excluding hydrogens is 1030 g/mol. The first kappa shape index (κ1) is 57.7. The van der Waals surface area contributed by atoms with Gasteiger partial charge in [0, 0.05) is 18.8 Å². The van der Waals surface area contributed by atoms with E-state index in [9.17, 15) is 36.0 Å². The first-order chi connectivity index (χ1) is 35.5. The van der Waals surface area contributed by atoms with Crippen LogP contribution in [0, 0.1) is 5.92 Å². The highest BCUT2D eigenvalue weighted by Crippen LogP contribution is 2.33. The van der Waals surface area contributed by atoms with Gasteiger partial charge >= 0.3 is 11.9 Å². The van der Waals surface area contributed by atoms with Gasteiger partial charge < -0.3 is 19.7 Å². The van der Waals surface area contributed by atoms with Gasteiger partial charge in [-0.05, 0) is 91.4 Å². The molecule has 0 aliphatic carbocycles. The van der Waals surface area contributed by atoms with Crippen molar-refractivity contribution in [2.75, 3.05) is 41.2 Å². The molecule has 0 bridgehead atoms. The Kier molecular flexibility index (Phi) is 21.7. The Balaban J connectivity index is 1.11. The number of ether oxygens (including phenoxy) is 2. The summed E-state index contributed by atoms with van der Waals surface area (Å²) in [6.45, 7) is 6.22. The molecule has 1 aromatic heterocycles. The van der Waals surface area contributed by atoms with Gasteiger partial charge in [0.25, 0.3) is 21.8 Å². The number of hydrogen-bond acceptors (Lipinski definition) is 12. The fraction of sp³-hybridized carbons (Fsp3) is 0.472. The van der Waals surface area contributed by atoms with Crippen molar-refractivity contribution < 1.29 is 45.5 Å². The standard InChI is InChI=1S/C53H67Cl2N7O10S2/c1-4-5-6-7-8-9-10-11-12-13-14-15-16-19-30-56-73(67,68)40-23-26-43(55)46(35-40)60-74(69,70)41-24-25-42(54)45(34-41)57-51(64)50(52(65)61-31-28-38-20-17-18-21-48(38)61)62-58-44-27-22-39(33-47(44)59-62)53(66)72-36-49(63)71-32-29-37(2)3/h17-18,20-27,33-35,37,50,56,60H,4-16,19,28-32,36H2,1-3H3,(H,57,64). The lowest BCUT2D eigenvalue weighted by Crippen LogP contribution is -2.43. The summed E-state index contributed by atoms with van der Waals surface area (Å²) in [5.74, 6) is -2.94. The van der Waals surface area contributed by atoms with Crippen LogP contribution < -0.4 is 19.7 Å². The monoisotopic (exact) mass is 1100 g/mol. The average Bonchev–Trinajstić information content (AvgIpc) is 4.00. The molecule has 1 unspecified atom stereocenters. The van der Waals surface area contributed by atoms with Crippen LogP contribution in [0.4, 0.5) is 17.1 Å². The van der Waals surface area contributed by atoms with Gasteiger partial charge in [-0.2, -0.15) is 15.0 Å². The van der Waals surface area contributed by atoms with E-state index in [1.807, 2.05) is 26.0 Å². The van der Waals surface area contributed by atoms with Crippen LogP contribution >= 0.6 is 23.2 Å². The van der Waals surface area contributed by atoms with Gasteiger partial charge in [-0.3, -0.25) is 14.3 Å². The van der Waals surface area contributed by atoms with E-state index >= 15 is 0 Å². The topological polar surface area (TPSA) is 225 Å². The van der Waals surface area contributed by atoms with Crippen LogP contribution in [0.1, 0.15) is 139 Å². The molecule has 400 valence electrons. The quantitative estimate of drug-likeness (QED) is 0.0222. The lowest BCUT2D eigenvalue weighted by molar-refractivity contribution is -0.147. The molecule has 0 radical (unpaired) electrons. The molecule has 2 heterocycles. The smallest absolute Gasteiger partial charge is 0.344 e. The first-order valence-corrected chi connectivity index (χ1v) is 29.2. The molecule has 17 nitrogen and oxygen atoms in total. The van der Waals surface area contributed by atoms with E-state index in [4.69, 9.17) is 32.7 Å². The van der Waals surface area contributed by atoms with E-state index in [0.29, 0.717) is 30.9 Å². The van der Waals surface area contributed by atoms with E-state index < -0.39 is 56.4 Å². The number of carbonyl (C=O) groups excluding carboxylic acids is 4. The Morgan fingerprint density at radius 3 is 1.95 bits per heavy atom. The number of esters is 2. The van der Waals surface area contributed by atoms with Gasteiger partial charge in [-0.1, -0.05) is 146 Å². The molecule has 5 aromatic rings. The summed E-state index contributed by atoms with van der Waals surface area (Å²) in [6, 6.07) is 16.7. The molecular formula is C53H67Cl2N7O10S2. The number of nitrogens with one attached hydrogen (secondary N) is 3. The highest BCUT2D eigenvalue weighted by molar-refractivity contribution is 7.92. The maximum absolute atomic E-state index is 14.5. The molecule has 1 aliphatic heterocycles. The second kappa shape index (κ2) is 27.8. The van der Waals surface area contributed by atoms with E-state index in [1.54, 1.807) is 12.1 Å². The maximum Gasteiger partial charge on any atom is 0.344 e. The summed E-state index contributed by atoms with van der Waals surface area (Å²) in [5, 5.41) is 11.3. The number of anilines is 3. The van der Waals surface area contributed by atoms with E-state index in [1.165, 1.54) is 112 Å². The maximum atomic E-state index is 14.5. The van der Waals surface area contributed by atoms with Crippen molar-refractivity contribution in [1.29, 1.82) is 0 Å². The number of amides is 2. The number of hydrogen-bond donors (Lipinski definition) is 3. The zero-order valence-corrected chi connectivity index (χ0v) is 45.4. The summed E-state index contributed by atoms with van der Waals surface area (Å²) in [7, 11) is -8.56. The van der Waals surface area contributed by atoms with Crippen LogP contribution in [0.3, 0.4) is 0 Å². The second-order valence-electron chi connectivity index (χ2n) is 18.8. The second-order valence-corrected chi connectivity index (χ2v) is 23.1. The lowest BCUT2D eigenvalue weighted by atomic mass is 10.0.